The molecule has 0 aliphatic heterocycles. The number of nitrogens with one attached hydrogen (secondary N) is 1. The van der Waals surface area contributed by atoms with E-state index in [2.05, 4.69) is 37.4 Å². The molecule has 0 spiro atoms. The van der Waals surface area contributed by atoms with Gasteiger partial charge in [0.25, 0.3) is 0 Å². The van der Waals surface area contributed by atoms with Crippen LogP contribution in [0, 0.1) is 13.8 Å². The zero-order valence-electron chi connectivity index (χ0n) is 19.6. The zero-order valence-corrected chi connectivity index (χ0v) is 20.4. The first kappa shape index (κ1) is 24.4. The van der Waals surface area contributed by atoms with E-state index in [1.165, 1.54) is 30.4 Å². The molecule has 5 heteroatoms. The Labute approximate surface area is 197 Å². The Morgan fingerprint density at radius 3 is 2.19 bits per heavy atom. The molecule has 172 valence electrons. The van der Waals surface area contributed by atoms with Crippen molar-refractivity contribution < 1.29 is 9.59 Å². The Morgan fingerprint density at radius 2 is 1.56 bits per heavy atom. The maximum atomic E-state index is 13.3. The van der Waals surface area contributed by atoms with Crippen LogP contribution in [0.4, 0.5) is 0 Å². The third-order valence-electron chi connectivity index (χ3n) is 6.47. The highest BCUT2D eigenvalue weighted by molar-refractivity contribution is 7.99. The molecule has 0 radical (unpaired) electrons. The van der Waals surface area contributed by atoms with Crippen LogP contribution in [0.15, 0.2) is 48.5 Å². The Hall–Kier alpha value is -2.27. The molecule has 1 saturated carbocycles. The van der Waals surface area contributed by atoms with Crippen molar-refractivity contribution in [3.05, 3.63) is 70.8 Å². The van der Waals surface area contributed by atoms with Gasteiger partial charge in [0.2, 0.25) is 11.8 Å². The van der Waals surface area contributed by atoms with Gasteiger partial charge in [-0.05, 0) is 55.9 Å². The predicted octanol–water partition coefficient (Wildman–Crippen LogP) is 5.40. The molecule has 1 atom stereocenters. The Kier molecular flexibility index (Phi) is 9.22. The van der Waals surface area contributed by atoms with Gasteiger partial charge in [-0.2, -0.15) is 0 Å². The molecular weight excluding hydrogens is 416 g/mol. The van der Waals surface area contributed by atoms with E-state index in [-0.39, 0.29) is 17.9 Å². The van der Waals surface area contributed by atoms with E-state index >= 15 is 0 Å². The standard InChI is InChI=1S/C27H36N2O2S/c1-20-11-7-9-13-23(20)17-29(22(3)27(31)28-25-15-5-4-6-16-25)26(30)19-32-18-24-14-10-8-12-21(24)2/h7-14,22,25H,4-6,15-19H2,1-3H3,(H,28,31)/t22-/m0/s1. The summed E-state index contributed by atoms with van der Waals surface area (Å²) in [5, 5.41) is 3.20. The fraction of sp³-hybridized carbons (Fsp3) is 0.481. The van der Waals surface area contributed by atoms with E-state index in [4.69, 9.17) is 0 Å². The molecule has 1 aliphatic carbocycles. The van der Waals surface area contributed by atoms with Crippen LogP contribution < -0.4 is 5.32 Å². The lowest BCUT2D eigenvalue weighted by Crippen LogP contribution is -2.50. The summed E-state index contributed by atoms with van der Waals surface area (Å²) < 4.78 is 0. The molecule has 3 rings (SSSR count). The second-order valence-corrected chi connectivity index (χ2v) is 9.87. The van der Waals surface area contributed by atoms with E-state index in [0.717, 1.165) is 29.7 Å². The van der Waals surface area contributed by atoms with Crippen LogP contribution in [-0.4, -0.2) is 34.6 Å². The van der Waals surface area contributed by atoms with Crippen molar-refractivity contribution in [1.82, 2.24) is 10.2 Å². The van der Waals surface area contributed by atoms with Gasteiger partial charge in [-0.25, -0.2) is 0 Å². The molecule has 0 aromatic heterocycles. The molecule has 1 aliphatic rings. The molecule has 4 nitrogen and oxygen atoms in total. The molecule has 2 aromatic carbocycles. The zero-order chi connectivity index (χ0) is 22.9. The average Bonchev–Trinajstić information content (AvgIpc) is 2.80. The molecule has 0 heterocycles. The maximum absolute atomic E-state index is 13.3. The quantitative estimate of drug-likeness (QED) is 0.554. The van der Waals surface area contributed by atoms with Crippen molar-refractivity contribution in [2.45, 2.75) is 77.3 Å². The summed E-state index contributed by atoms with van der Waals surface area (Å²) in [6.07, 6.45) is 5.66. The Balaban J connectivity index is 1.67. The van der Waals surface area contributed by atoms with Crippen molar-refractivity contribution in [2.75, 3.05) is 5.75 Å². The minimum Gasteiger partial charge on any atom is -0.352 e. The first-order valence-electron chi connectivity index (χ1n) is 11.7. The maximum Gasteiger partial charge on any atom is 0.242 e. The van der Waals surface area contributed by atoms with E-state index in [0.29, 0.717) is 12.3 Å². The number of nitrogens with zero attached hydrogens (tertiary/aromatic N) is 1. The van der Waals surface area contributed by atoms with Crippen molar-refractivity contribution in [3.63, 3.8) is 0 Å². The monoisotopic (exact) mass is 452 g/mol. The summed E-state index contributed by atoms with van der Waals surface area (Å²) in [6.45, 7) is 6.47. The first-order valence-corrected chi connectivity index (χ1v) is 12.9. The van der Waals surface area contributed by atoms with Crippen molar-refractivity contribution in [1.29, 1.82) is 0 Å². The van der Waals surface area contributed by atoms with Gasteiger partial charge < -0.3 is 10.2 Å². The Morgan fingerprint density at radius 1 is 0.969 bits per heavy atom. The third-order valence-corrected chi connectivity index (χ3v) is 7.43. The van der Waals surface area contributed by atoms with Gasteiger partial charge in [0.05, 0.1) is 5.75 Å². The topological polar surface area (TPSA) is 49.4 Å². The van der Waals surface area contributed by atoms with Crippen LogP contribution in [0.1, 0.15) is 61.3 Å². The SMILES string of the molecule is Cc1ccccc1CSCC(=O)N(Cc1ccccc1C)[C@@H](C)C(=O)NC1CCCCC1. The van der Waals surface area contributed by atoms with Gasteiger partial charge in [0, 0.05) is 18.3 Å². The van der Waals surface area contributed by atoms with Crippen LogP contribution in [0.5, 0.6) is 0 Å². The summed E-state index contributed by atoms with van der Waals surface area (Å²) in [5.41, 5.74) is 4.71. The smallest absolute Gasteiger partial charge is 0.242 e. The summed E-state index contributed by atoms with van der Waals surface area (Å²) in [7, 11) is 0. The molecule has 1 fully saturated rings. The first-order chi connectivity index (χ1) is 15.5. The normalized spacial score (nSPS) is 15.2. The fourth-order valence-electron chi connectivity index (χ4n) is 4.23. The van der Waals surface area contributed by atoms with Gasteiger partial charge in [0.15, 0.2) is 0 Å². The van der Waals surface area contributed by atoms with Crippen molar-refractivity contribution >= 4 is 23.6 Å². The van der Waals surface area contributed by atoms with Crippen LogP contribution >= 0.6 is 11.8 Å². The highest BCUT2D eigenvalue weighted by Gasteiger charge is 2.28. The number of benzene rings is 2. The van der Waals surface area contributed by atoms with Crippen LogP contribution in [0.2, 0.25) is 0 Å². The van der Waals surface area contributed by atoms with Gasteiger partial charge in [-0.1, -0.05) is 67.8 Å². The highest BCUT2D eigenvalue weighted by Crippen LogP contribution is 2.20. The average molecular weight is 453 g/mol. The molecule has 1 N–H and O–H groups in total. The van der Waals surface area contributed by atoms with E-state index in [1.54, 1.807) is 16.7 Å². The van der Waals surface area contributed by atoms with Gasteiger partial charge in [-0.3, -0.25) is 9.59 Å². The van der Waals surface area contributed by atoms with Crippen LogP contribution in [0.3, 0.4) is 0 Å². The molecule has 32 heavy (non-hydrogen) atoms. The number of hydrogen-bond donors (Lipinski definition) is 1. The Bertz CT molecular complexity index is 908. The second kappa shape index (κ2) is 12.1. The fourth-order valence-corrected chi connectivity index (χ4v) is 5.21. The molecular formula is C27H36N2O2S. The predicted molar refractivity (Wildman–Crippen MR) is 134 cm³/mol. The third kappa shape index (κ3) is 6.86. The lowest BCUT2D eigenvalue weighted by Gasteiger charge is -2.31. The van der Waals surface area contributed by atoms with E-state index in [1.807, 2.05) is 37.3 Å². The molecule has 0 bridgehead atoms. The number of aryl methyl sites for hydroxylation is 2. The van der Waals surface area contributed by atoms with Gasteiger partial charge in [0.1, 0.15) is 6.04 Å². The van der Waals surface area contributed by atoms with E-state index in [9.17, 15) is 9.59 Å². The van der Waals surface area contributed by atoms with Crippen LogP contribution in [-0.2, 0) is 21.9 Å². The van der Waals surface area contributed by atoms with Gasteiger partial charge >= 0.3 is 0 Å². The minimum atomic E-state index is -0.497. The number of rotatable bonds is 9. The van der Waals surface area contributed by atoms with Crippen molar-refractivity contribution in [3.8, 4) is 0 Å². The lowest BCUT2D eigenvalue weighted by molar-refractivity contribution is -0.139. The number of carbonyl (C=O) groups is 2. The molecule has 0 unspecified atom stereocenters. The summed E-state index contributed by atoms with van der Waals surface area (Å²) in [4.78, 5) is 28.1. The largest absolute Gasteiger partial charge is 0.352 e. The number of amides is 2. The molecule has 2 aromatic rings. The molecule has 2 amide bonds. The second-order valence-electron chi connectivity index (χ2n) is 8.89. The summed E-state index contributed by atoms with van der Waals surface area (Å²) >= 11 is 1.61. The number of thioether (sulfide) groups is 1. The summed E-state index contributed by atoms with van der Waals surface area (Å²) in [5.74, 6) is 1.13. The van der Waals surface area contributed by atoms with Crippen molar-refractivity contribution in [2.24, 2.45) is 0 Å². The number of hydrogen-bond acceptors (Lipinski definition) is 3. The van der Waals surface area contributed by atoms with E-state index < -0.39 is 6.04 Å². The minimum absolute atomic E-state index is 0.0122. The lowest BCUT2D eigenvalue weighted by atomic mass is 9.95. The number of carbonyl (C=O) groups excluding carboxylic acids is 2. The molecule has 0 saturated heterocycles. The summed E-state index contributed by atoms with van der Waals surface area (Å²) in [6, 6.07) is 16.1. The highest BCUT2D eigenvalue weighted by atomic mass is 32.2. The van der Waals surface area contributed by atoms with Crippen LogP contribution in [0.25, 0.3) is 0 Å². The van der Waals surface area contributed by atoms with Gasteiger partial charge in [-0.15, -0.1) is 11.8 Å².